The molecule has 0 unspecified atom stereocenters. The lowest BCUT2D eigenvalue weighted by Crippen LogP contribution is -2.34. The van der Waals surface area contributed by atoms with E-state index in [1.54, 1.807) is 0 Å². The summed E-state index contributed by atoms with van der Waals surface area (Å²) >= 11 is 0. The van der Waals surface area contributed by atoms with Crippen molar-refractivity contribution in [3.05, 3.63) is 53.6 Å². The molecular formula is C20H24O4. The zero-order valence-electron chi connectivity index (χ0n) is 14.6. The van der Waals surface area contributed by atoms with Crippen LogP contribution < -0.4 is 4.74 Å². The molecule has 1 N–H and O–H groups in total. The first-order chi connectivity index (χ1) is 11.3. The van der Waals surface area contributed by atoms with Crippen LogP contribution in [0.15, 0.2) is 42.5 Å². The van der Waals surface area contributed by atoms with Gasteiger partial charge in [-0.1, -0.05) is 24.3 Å². The van der Waals surface area contributed by atoms with Crippen LogP contribution in [0.1, 0.15) is 31.9 Å². The van der Waals surface area contributed by atoms with Crippen LogP contribution in [0, 0.1) is 6.92 Å². The van der Waals surface area contributed by atoms with Gasteiger partial charge in [0.25, 0.3) is 0 Å². The number of aryl methyl sites for hydroxylation is 1. The van der Waals surface area contributed by atoms with Crippen molar-refractivity contribution in [2.45, 2.75) is 39.9 Å². The fourth-order valence-electron chi connectivity index (χ4n) is 2.56. The van der Waals surface area contributed by atoms with Gasteiger partial charge in [-0.05, 0) is 61.2 Å². The third kappa shape index (κ3) is 4.83. The Bertz CT molecular complexity index is 719. The van der Waals surface area contributed by atoms with Crippen LogP contribution >= 0.6 is 0 Å². The Labute approximate surface area is 143 Å². The molecule has 128 valence electrons. The summed E-state index contributed by atoms with van der Waals surface area (Å²) in [4.78, 5) is 11.1. The molecule has 0 radical (unpaired) electrons. The molecule has 0 saturated heterocycles. The van der Waals surface area contributed by atoms with Gasteiger partial charge in [0.05, 0.1) is 6.61 Å². The topological polar surface area (TPSA) is 55.8 Å². The Kier molecular flexibility index (Phi) is 5.62. The van der Waals surface area contributed by atoms with Gasteiger partial charge in [0, 0.05) is 6.92 Å². The van der Waals surface area contributed by atoms with Crippen molar-refractivity contribution < 1.29 is 19.4 Å². The first-order valence-corrected chi connectivity index (χ1v) is 7.94. The molecule has 0 amide bonds. The molecule has 0 fully saturated rings. The number of hydrogen-bond acceptors (Lipinski definition) is 4. The van der Waals surface area contributed by atoms with Gasteiger partial charge in [0.1, 0.15) is 18.0 Å². The highest BCUT2D eigenvalue weighted by molar-refractivity contribution is 5.68. The van der Waals surface area contributed by atoms with E-state index in [4.69, 9.17) is 9.47 Å². The Morgan fingerprint density at radius 1 is 1.17 bits per heavy atom. The highest BCUT2D eigenvalue weighted by atomic mass is 16.6. The number of rotatable bonds is 6. The van der Waals surface area contributed by atoms with Gasteiger partial charge in [0.15, 0.2) is 0 Å². The minimum Gasteiger partial charge on any atom is -0.489 e. The predicted molar refractivity (Wildman–Crippen MR) is 93.9 cm³/mol. The fourth-order valence-corrected chi connectivity index (χ4v) is 2.56. The monoisotopic (exact) mass is 328 g/mol. The van der Waals surface area contributed by atoms with Gasteiger partial charge in [-0.3, -0.25) is 4.79 Å². The molecule has 2 rings (SSSR count). The number of carbonyl (C=O) groups excluding carboxylic acids is 1. The van der Waals surface area contributed by atoms with Crippen molar-refractivity contribution in [3.8, 4) is 16.9 Å². The second kappa shape index (κ2) is 7.49. The number of esters is 1. The smallest absolute Gasteiger partial charge is 0.303 e. The van der Waals surface area contributed by atoms with Crippen LogP contribution in [0.3, 0.4) is 0 Å². The molecule has 4 nitrogen and oxygen atoms in total. The zero-order valence-corrected chi connectivity index (χ0v) is 14.6. The molecule has 0 heterocycles. The number of aliphatic hydroxyl groups excluding tert-OH is 1. The summed E-state index contributed by atoms with van der Waals surface area (Å²) in [6.07, 6.45) is 0. The Morgan fingerprint density at radius 2 is 1.92 bits per heavy atom. The summed E-state index contributed by atoms with van der Waals surface area (Å²) in [7, 11) is 0. The summed E-state index contributed by atoms with van der Waals surface area (Å²) in [5.41, 5.74) is 3.44. The van der Waals surface area contributed by atoms with Crippen LogP contribution in [0.25, 0.3) is 11.1 Å². The average molecular weight is 328 g/mol. The summed E-state index contributed by atoms with van der Waals surface area (Å²) in [6, 6.07) is 13.7. The van der Waals surface area contributed by atoms with E-state index in [-0.39, 0.29) is 19.2 Å². The van der Waals surface area contributed by atoms with Crippen LogP contribution in [0.2, 0.25) is 0 Å². The molecule has 4 heteroatoms. The minimum atomic E-state index is -0.673. The Hall–Kier alpha value is -2.33. The van der Waals surface area contributed by atoms with E-state index in [9.17, 15) is 9.90 Å². The molecule has 24 heavy (non-hydrogen) atoms. The van der Waals surface area contributed by atoms with E-state index in [1.165, 1.54) is 6.92 Å². The number of carbonyl (C=O) groups is 1. The molecule has 2 aromatic carbocycles. The largest absolute Gasteiger partial charge is 0.489 e. The van der Waals surface area contributed by atoms with Gasteiger partial charge in [-0.15, -0.1) is 0 Å². The molecule has 2 aromatic rings. The zero-order chi connectivity index (χ0) is 17.7. The quantitative estimate of drug-likeness (QED) is 0.818. The summed E-state index contributed by atoms with van der Waals surface area (Å²) < 4.78 is 11.0. The van der Waals surface area contributed by atoms with Crippen LogP contribution in [0.5, 0.6) is 5.75 Å². The average Bonchev–Trinajstić information content (AvgIpc) is 2.52. The molecule has 0 saturated carbocycles. The summed E-state index contributed by atoms with van der Waals surface area (Å²) in [6.45, 7) is 7.35. The van der Waals surface area contributed by atoms with Gasteiger partial charge in [-0.2, -0.15) is 0 Å². The van der Waals surface area contributed by atoms with E-state index in [1.807, 2.05) is 63.2 Å². The summed E-state index contributed by atoms with van der Waals surface area (Å²) in [5, 5.41) is 9.28. The molecule has 0 spiro atoms. The fraction of sp³-hybridized carbons (Fsp3) is 0.350. The number of benzene rings is 2. The van der Waals surface area contributed by atoms with Crippen LogP contribution in [-0.4, -0.2) is 23.3 Å². The van der Waals surface area contributed by atoms with Crippen molar-refractivity contribution in [3.63, 3.8) is 0 Å². The maximum atomic E-state index is 11.1. The van der Waals surface area contributed by atoms with Gasteiger partial charge >= 0.3 is 5.97 Å². The van der Waals surface area contributed by atoms with E-state index in [0.29, 0.717) is 0 Å². The maximum absolute atomic E-state index is 11.1. The summed E-state index contributed by atoms with van der Waals surface area (Å²) in [5.74, 6) is 0.411. The lowest BCUT2D eigenvalue weighted by molar-refractivity contribution is -0.156. The Balaban J connectivity index is 2.13. The van der Waals surface area contributed by atoms with E-state index in [0.717, 1.165) is 28.0 Å². The number of ether oxygens (including phenoxy) is 2. The SMILES string of the molecule is CC(=O)OC(C)(C)COc1ccc(-c2cccc(CO)c2)c(C)c1. The first-order valence-electron chi connectivity index (χ1n) is 7.94. The van der Waals surface area contributed by atoms with Crippen LogP contribution in [-0.2, 0) is 16.1 Å². The van der Waals surface area contributed by atoms with Crippen molar-refractivity contribution in [1.82, 2.24) is 0 Å². The van der Waals surface area contributed by atoms with Crippen molar-refractivity contribution in [2.24, 2.45) is 0 Å². The van der Waals surface area contributed by atoms with Crippen molar-refractivity contribution in [1.29, 1.82) is 0 Å². The predicted octanol–water partition coefficient (Wildman–Crippen LogP) is 3.87. The normalized spacial score (nSPS) is 11.2. The van der Waals surface area contributed by atoms with E-state index in [2.05, 4.69) is 0 Å². The van der Waals surface area contributed by atoms with Gasteiger partial charge in [0.2, 0.25) is 0 Å². The highest BCUT2D eigenvalue weighted by Crippen LogP contribution is 2.28. The molecule has 0 aromatic heterocycles. The van der Waals surface area contributed by atoms with Crippen LogP contribution in [0.4, 0.5) is 0 Å². The highest BCUT2D eigenvalue weighted by Gasteiger charge is 2.22. The third-order valence-corrected chi connectivity index (χ3v) is 3.62. The molecule has 0 aliphatic rings. The lowest BCUT2D eigenvalue weighted by Gasteiger charge is -2.24. The van der Waals surface area contributed by atoms with Crippen molar-refractivity contribution in [2.75, 3.05) is 6.61 Å². The van der Waals surface area contributed by atoms with Gasteiger partial charge < -0.3 is 14.6 Å². The standard InChI is InChI=1S/C20H24O4/c1-14-10-18(23-13-20(3,4)24-15(2)22)8-9-19(14)17-7-5-6-16(11-17)12-21/h5-11,21H,12-13H2,1-4H3. The first kappa shape index (κ1) is 18.0. The van der Waals surface area contributed by atoms with E-state index >= 15 is 0 Å². The second-order valence-electron chi connectivity index (χ2n) is 6.48. The lowest BCUT2D eigenvalue weighted by atomic mass is 9.99. The maximum Gasteiger partial charge on any atom is 0.303 e. The molecule has 0 bridgehead atoms. The molecular weight excluding hydrogens is 304 g/mol. The van der Waals surface area contributed by atoms with Gasteiger partial charge in [-0.25, -0.2) is 0 Å². The minimum absolute atomic E-state index is 0.0271. The Morgan fingerprint density at radius 3 is 2.54 bits per heavy atom. The number of aliphatic hydroxyl groups is 1. The molecule has 0 aliphatic heterocycles. The van der Waals surface area contributed by atoms with E-state index < -0.39 is 5.60 Å². The van der Waals surface area contributed by atoms with Crippen molar-refractivity contribution >= 4 is 5.97 Å². The molecule has 0 atom stereocenters. The third-order valence-electron chi connectivity index (χ3n) is 3.62. The molecule has 0 aliphatic carbocycles. The second-order valence-corrected chi connectivity index (χ2v) is 6.48. The number of hydrogen-bond donors (Lipinski definition) is 1.